The molecule has 0 N–H and O–H groups in total. The Bertz CT molecular complexity index is 1110. The number of hydrogen-bond acceptors (Lipinski definition) is 2. The van der Waals surface area contributed by atoms with Gasteiger partial charge in [-0.2, -0.15) is 0 Å². The zero-order valence-corrected chi connectivity index (χ0v) is 18.5. The van der Waals surface area contributed by atoms with Crippen LogP contribution in [0.1, 0.15) is 52.5 Å². The Labute approximate surface area is 179 Å². The lowest BCUT2D eigenvalue weighted by Crippen LogP contribution is -2.30. The first kappa shape index (κ1) is 19.6. The fraction of sp³-hybridized carbons (Fsp3) is 0.464. The van der Waals surface area contributed by atoms with Crippen LogP contribution in [0.2, 0.25) is 0 Å². The van der Waals surface area contributed by atoms with Crippen LogP contribution < -0.4 is 0 Å². The van der Waals surface area contributed by atoms with Crippen molar-refractivity contribution in [1.82, 2.24) is 0 Å². The Morgan fingerprint density at radius 3 is 2.43 bits per heavy atom. The normalized spacial score (nSPS) is 28.3. The highest BCUT2D eigenvalue weighted by atomic mass is 16.6. The average Bonchev–Trinajstić information content (AvgIpc) is 3.26. The van der Waals surface area contributed by atoms with Crippen molar-refractivity contribution in [2.45, 2.75) is 52.6 Å². The van der Waals surface area contributed by atoms with Crippen LogP contribution in [0.3, 0.4) is 0 Å². The molecule has 0 saturated heterocycles. The summed E-state index contributed by atoms with van der Waals surface area (Å²) < 4.78 is 6.05. The fourth-order valence-corrected chi connectivity index (χ4v) is 6.32. The molecule has 0 amide bonds. The van der Waals surface area contributed by atoms with E-state index >= 15 is 0 Å². The molecule has 3 aromatic carbocycles. The number of benzene rings is 3. The van der Waals surface area contributed by atoms with Gasteiger partial charge in [0.1, 0.15) is 5.60 Å². The number of carbonyl (C=O) groups is 1. The third kappa shape index (κ3) is 3.21. The molecule has 2 bridgehead atoms. The smallest absolute Gasteiger partial charge is 0.306 e. The van der Waals surface area contributed by atoms with E-state index in [0.717, 1.165) is 23.3 Å². The van der Waals surface area contributed by atoms with Crippen molar-refractivity contribution in [3.8, 4) is 0 Å². The van der Waals surface area contributed by atoms with Gasteiger partial charge in [-0.25, -0.2) is 0 Å². The molecule has 2 saturated carbocycles. The third-order valence-electron chi connectivity index (χ3n) is 8.27. The molecule has 0 aromatic heterocycles. The second-order valence-electron chi connectivity index (χ2n) is 10.3. The molecular formula is C28H32O2. The van der Waals surface area contributed by atoms with Gasteiger partial charge in [-0.05, 0) is 89.5 Å². The maximum atomic E-state index is 12.9. The van der Waals surface area contributed by atoms with Crippen molar-refractivity contribution < 1.29 is 9.53 Å². The molecular weight excluding hydrogens is 368 g/mol. The zero-order chi connectivity index (χ0) is 21.0. The SMILES string of the molecule is CC1C2CC(CC(=O)OC(C)(C)c3ccc4c(ccc5ccccc54)c3)C(C2)C1C. The highest BCUT2D eigenvalue weighted by molar-refractivity contribution is 6.07. The van der Waals surface area contributed by atoms with Crippen LogP contribution in [0.4, 0.5) is 0 Å². The number of carbonyl (C=O) groups excluding carboxylic acids is 1. The molecule has 156 valence electrons. The third-order valence-corrected chi connectivity index (χ3v) is 8.27. The van der Waals surface area contributed by atoms with Gasteiger partial charge in [0.25, 0.3) is 0 Å². The van der Waals surface area contributed by atoms with Crippen molar-refractivity contribution in [3.63, 3.8) is 0 Å². The fourth-order valence-electron chi connectivity index (χ4n) is 6.32. The molecule has 30 heavy (non-hydrogen) atoms. The molecule has 5 unspecified atom stereocenters. The Morgan fingerprint density at radius 2 is 1.67 bits per heavy atom. The summed E-state index contributed by atoms with van der Waals surface area (Å²) >= 11 is 0. The van der Waals surface area contributed by atoms with Crippen molar-refractivity contribution in [1.29, 1.82) is 0 Å². The molecule has 0 aliphatic heterocycles. The molecule has 2 heteroatoms. The molecule has 2 aliphatic carbocycles. The van der Waals surface area contributed by atoms with Gasteiger partial charge in [0, 0.05) is 6.42 Å². The van der Waals surface area contributed by atoms with Crippen molar-refractivity contribution >= 4 is 27.5 Å². The molecule has 2 fully saturated rings. The first-order chi connectivity index (χ1) is 14.3. The Morgan fingerprint density at radius 1 is 0.933 bits per heavy atom. The quantitative estimate of drug-likeness (QED) is 0.345. The summed E-state index contributed by atoms with van der Waals surface area (Å²) in [5.74, 6) is 3.53. The largest absolute Gasteiger partial charge is 0.455 e. The minimum Gasteiger partial charge on any atom is -0.455 e. The summed E-state index contributed by atoms with van der Waals surface area (Å²) in [7, 11) is 0. The number of ether oxygens (including phenoxy) is 1. The molecule has 0 radical (unpaired) electrons. The van der Waals surface area contributed by atoms with Crippen LogP contribution in [0, 0.1) is 29.6 Å². The van der Waals surface area contributed by atoms with Crippen molar-refractivity contribution in [2.75, 3.05) is 0 Å². The molecule has 0 spiro atoms. The summed E-state index contributed by atoms with van der Waals surface area (Å²) in [6, 6.07) is 19.3. The van der Waals surface area contributed by atoms with Gasteiger partial charge >= 0.3 is 5.97 Å². The van der Waals surface area contributed by atoms with Crippen LogP contribution in [-0.2, 0) is 15.1 Å². The summed E-state index contributed by atoms with van der Waals surface area (Å²) in [5.41, 5.74) is 0.418. The van der Waals surface area contributed by atoms with Gasteiger partial charge in [0.05, 0.1) is 0 Å². The molecule has 2 nitrogen and oxygen atoms in total. The van der Waals surface area contributed by atoms with E-state index in [1.54, 1.807) is 0 Å². The van der Waals surface area contributed by atoms with E-state index in [0.29, 0.717) is 18.3 Å². The Hall–Kier alpha value is -2.35. The number of esters is 1. The number of rotatable bonds is 4. The average molecular weight is 401 g/mol. The highest BCUT2D eigenvalue weighted by Crippen LogP contribution is 2.56. The van der Waals surface area contributed by atoms with Crippen LogP contribution >= 0.6 is 0 Å². The van der Waals surface area contributed by atoms with E-state index in [4.69, 9.17) is 4.74 Å². The van der Waals surface area contributed by atoms with Crippen LogP contribution in [-0.4, -0.2) is 5.97 Å². The maximum absolute atomic E-state index is 12.9. The molecule has 0 heterocycles. The van der Waals surface area contributed by atoms with Gasteiger partial charge in [-0.3, -0.25) is 4.79 Å². The maximum Gasteiger partial charge on any atom is 0.306 e. The van der Waals surface area contributed by atoms with E-state index in [1.807, 2.05) is 13.8 Å². The van der Waals surface area contributed by atoms with E-state index in [9.17, 15) is 4.79 Å². The van der Waals surface area contributed by atoms with Crippen LogP contribution in [0.5, 0.6) is 0 Å². The van der Waals surface area contributed by atoms with E-state index in [2.05, 4.69) is 68.4 Å². The molecule has 2 aliphatic rings. The van der Waals surface area contributed by atoms with Gasteiger partial charge < -0.3 is 4.74 Å². The first-order valence-corrected chi connectivity index (χ1v) is 11.5. The minimum atomic E-state index is -0.632. The second kappa shape index (κ2) is 7.11. The predicted molar refractivity (Wildman–Crippen MR) is 123 cm³/mol. The molecule has 3 aromatic rings. The van der Waals surface area contributed by atoms with Crippen LogP contribution in [0.25, 0.3) is 21.5 Å². The first-order valence-electron chi connectivity index (χ1n) is 11.5. The van der Waals surface area contributed by atoms with Gasteiger partial charge in [0.15, 0.2) is 0 Å². The van der Waals surface area contributed by atoms with Crippen molar-refractivity contribution in [2.24, 2.45) is 29.6 Å². The summed E-state index contributed by atoms with van der Waals surface area (Å²) in [6.07, 6.45) is 3.08. The van der Waals surface area contributed by atoms with E-state index < -0.39 is 5.60 Å². The topological polar surface area (TPSA) is 26.3 Å². The van der Waals surface area contributed by atoms with E-state index in [1.165, 1.54) is 34.4 Å². The van der Waals surface area contributed by atoms with Gasteiger partial charge in [-0.1, -0.05) is 62.4 Å². The minimum absolute atomic E-state index is 0.0454. The molecule has 5 rings (SSSR count). The second-order valence-corrected chi connectivity index (χ2v) is 10.3. The highest BCUT2D eigenvalue weighted by Gasteiger charge is 2.49. The zero-order valence-electron chi connectivity index (χ0n) is 18.5. The summed E-state index contributed by atoms with van der Waals surface area (Å²) in [4.78, 5) is 12.9. The Kier molecular flexibility index (Phi) is 4.65. The molecule has 5 atom stereocenters. The monoisotopic (exact) mass is 400 g/mol. The summed E-state index contributed by atoms with van der Waals surface area (Å²) in [6.45, 7) is 8.78. The van der Waals surface area contributed by atoms with Crippen LogP contribution in [0.15, 0.2) is 54.6 Å². The van der Waals surface area contributed by atoms with Crippen molar-refractivity contribution in [3.05, 3.63) is 60.2 Å². The standard InChI is InChI=1S/C28H32O2/c1-17-18(2)26-15-21(17)13-22(26)16-27(29)30-28(3,4)23-11-12-25-20(14-23)10-9-19-7-5-6-8-24(19)25/h5-12,14,17-18,21-22,26H,13,15-16H2,1-4H3. The lowest BCUT2D eigenvalue weighted by Gasteiger charge is -2.32. The number of hydrogen-bond donors (Lipinski definition) is 0. The lowest BCUT2D eigenvalue weighted by atomic mass is 9.74. The predicted octanol–water partition coefficient (Wildman–Crippen LogP) is 7.09. The van der Waals surface area contributed by atoms with E-state index in [-0.39, 0.29) is 5.97 Å². The summed E-state index contributed by atoms with van der Waals surface area (Å²) in [5, 5.41) is 4.93. The lowest BCUT2D eigenvalue weighted by molar-refractivity contribution is -0.159. The van der Waals surface area contributed by atoms with Gasteiger partial charge in [0.2, 0.25) is 0 Å². The van der Waals surface area contributed by atoms with Gasteiger partial charge in [-0.15, -0.1) is 0 Å². The number of fused-ring (bicyclic) bond motifs is 5. The Balaban J connectivity index is 1.34.